The summed E-state index contributed by atoms with van der Waals surface area (Å²) in [5.41, 5.74) is 2.42. The molecule has 0 spiro atoms. The summed E-state index contributed by atoms with van der Waals surface area (Å²) in [5.74, 6) is -0.284. The minimum Gasteiger partial charge on any atom is -0.351 e. The van der Waals surface area contributed by atoms with Gasteiger partial charge in [-0.1, -0.05) is 31.2 Å². The highest BCUT2D eigenvalue weighted by molar-refractivity contribution is 7.92. The molecule has 1 amide bonds. The highest BCUT2D eigenvalue weighted by Crippen LogP contribution is 2.21. The minimum atomic E-state index is -3.78. The number of carbonyl (C=O) groups excluding carboxylic acids is 1. The highest BCUT2D eigenvalue weighted by atomic mass is 32.2. The lowest BCUT2D eigenvalue weighted by atomic mass is 10.1. The van der Waals surface area contributed by atoms with Crippen LogP contribution in [0.15, 0.2) is 47.4 Å². The molecule has 7 heteroatoms. The third-order valence-electron chi connectivity index (χ3n) is 3.99. The SMILES string of the molecule is CCNCCNC(=O)c1cc(S(=O)(=O)Nc2ccccc2C)ccc1C. The monoisotopic (exact) mass is 375 g/mol. The van der Waals surface area contributed by atoms with Crippen LogP contribution < -0.4 is 15.4 Å². The molecule has 6 nitrogen and oxygen atoms in total. The van der Waals surface area contributed by atoms with Crippen molar-refractivity contribution in [2.45, 2.75) is 25.7 Å². The van der Waals surface area contributed by atoms with Gasteiger partial charge in [0.2, 0.25) is 0 Å². The Balaban J connectivity index is 2.22. The Hall–Kier alpha value is -2.38. The largest absolute Gasteiger partial charge is 0.351 e. The van der Waals surface area contributed by atoms with E-state index in [0.29, 0.717) is 24.3 Å². The number of nitrogens with one attached hydrogen (secondary N) is 3. The molecule has 0 aliphatic carbocycles. The van der Waals surface area contributed by atoms with Gasteiger partial charge in [0, 0.05) is 18.7 Å². The van der Waals surface area contributed by atoms with Crippen LogP contribution in [0.1, 0.15) is 28.4 Å². The zero-order valence-corrected chi connectivity index (χ0v) is 16.1. The standard InChI is InChI=1S/C19H25N3O3S/c1-4-20-11-12-21-19(23)17-13-16(10-9-14(17)2)26(24,25)22-18-8-6-5-7-15(18)3/h5-10,13,20,22H,4,11-12H2,1-3H3,(H,21,23). The minimum absolute atomic E-state index is 0.0585. The maximum absolute atomic E-state index is 12.7. The summed E-state index contributed by atoms with van der Waals surface area (Å²) in [6.45, 7) is 7.56. The Labute approximate surface area is 155 Å². The summed E-state index contributed by atoms with van der Waals surface area (Å²) in [6, 6.07) is 11.7. The van der Waals surface area contributed by atoms with E-state index in [-0.39, 0.29) is 10.8 Å². The molecule has 0 unspecified atom stereocenters. The lowest BCUT2D eigenvalue weighted by molar-refractivity contribution is 0.0953. The first-order chi connectivity index (χ1) is 12.3. The van der Waals surface area contributed by atoms with Crippen LogP contribution in [-0.2, 0) is 10.0 Å². The van der Waals surface area contributed by atoms with Crippen LogP contribution >= 0.6 is 0 Å². The molecule has 0 heterocycles. The van der Waals surface area contributed by atoms with E-state index in [4.69, 9.17) is 0 Å². The maximum atomic E-state index is 12.7. The Morgan fingerprint density at radius 3 is 2.42 bits per heavy atom. The zero-order chi connectivity index (χ0) is 19.2. The van der Waals surface area contributed by atoms with Crippen LogP contribution in [0.25, 0.3) is 0 Å². The van der Waals surface area contributed by atoms with E-state index in [2.05, 4.69) is 15.4 Å². The topological polar surface area (TPSA) is 87.3 Å². The van der Waals surface area contributed by atoms with Crippen LogP contribution in [-0.4, -0.2) is 34.0 Å². The molecule has 2 aromatic carbocycles. The summed E-state index contributed by atoms with van der Waals surface area (Å²) >= 11 is 0. The molecule has 3 N–H and O–H groups in total. The van der Waals surface area contributed by atoms with Gasteiger partial charge in [-0.3, -0.25) is 9.52 Å². The number of sulfonamides is 1. The van der Waals surface area contributed by atoms with Crippen molar-refractivity contribution in [2.24, 2.45) is 0 Å². The summed E-state index contributed by atoms with van der Waals surface area (Å²) < 4.78 is 28.0. The van der Waals surface area contributed by atoms with E-state index >= 15 is 0 Å². The third-order valence-corrected chi connectivity index (χ3v) is 5.35. The number of aryl methyl sites for hydroxylation is 2. The lowest BCUT2D eigenvalue weighted by Crippen LogP contribution is -2.32. The number of rotatable bonds is 8. The van der Waals surface area contributed by atoms with Gasteiger partial charge in [0.05, 0.1) is 10.6 Å². The molecule has 0 aliphatic heterocycles. The van der Waals surface area contributed by atoms with Crippen LogP contribution in [0.2, 0.25) is 0 Å². The van der Waals surface area contributed by atoms with Gasteiger partial charge in [-0.15, -0.1) is 0 Å². The van der Waals surface area contributed by atoms with E-state index in [1.54, 1.807) is 25.1 Å². The van der Waals surface area contributed by atoms with Crippen LogP contribution in [0.3, 0.4) is 0 Å². The molecule has 0 fully saturated rings. The van der Waals surface area contributed by atoms with Gasteiger partial charge < -0.3 is 10.6 Å². The predicted octanol–water partition coefficient (Wildman–Crippen LogP) is 2.44. The van der Waals surface area contributed by atoms with Gasteiger partial charge in [0.1, 0.15) is 0 Å². The first kappa shape index (κ1) is 19.9. The number of likely N-dealkylation sites (N-methyl/N-ethyl adjacent to an activating group) is 1. The second-order valence-electron chi connectivity index (χ2n) is 6.01. The molecule has 0 aliphatic rings. The lowest BCUT2D eigenvalue weighted by Gasteiger charge is -2.13. The Kier molecular flexibility index (Phi) is 6.76. The number of carbonyl (C=O) groups is 1. The van der Waals surface area contributed by atoms with Gasteiger partial charge >= 0.3 is 0 Å². The molecule has 26 heavy (non-hydrogen) atoms. The molecule has 0 radical (unpaired) electrons. The van der Waals surface area contributed by atoms with Crippen molar-refractivity contribution < 1.29 is 13.2 Å². The van der Waals surface area contributed by atoms with Crippen LogP contribution in [0.4, 0.5) is 5.69 Å². The summed E-state index contributed by atoms with van der Waals surface area (Å²) in [7, 11) is -3.78. The number of hydrogen-bond donors (Lipinski definition) is 3. The van der Waals surface area contributed by atoms with Crippen molar-refractivity contribution in [3.05, 3.63) is 59.2 Å². The van der Waals surface area contributed by atoms with E-state index in [1.807, 2.05) is 26.0 Å². The fourth-order valence-electron chi connectivity index (χ4n) is 2.44. The molecule has 0 saturated heterocycles. The quantitative estimate of drug-likeness (QED) is 0.619. The van der Waals surface area contributed by atoms with Crippen molar-refractivity contribution in [3.63, 3.8) is 0 Å². The fourth-order valence-corrected chi connectivity index (χ4v) is 3.60. The first-order valence-corrected chi connectivity index (χ1v) is 10.0. The van der Waals surface area contributed by atoms with Crippen LogP contribution in [0.5, 0.6) is 0 Å². The smallest absolute Gasteiger partial charge is 0.261 e. The number of para-hydroxylation sites is 1. The van der Waals surface area contributed by atoms with Gasteiger partial charge in [-0.25, -0.2) is 8.42 Å². The van der Waals surface area contributed by atoms with Crippen molar-refractivity contribution in [2.75, 3.05) is 24.4 Å². The van der Waals surface area contributed by atoms with Gasteiger partial charge in [-0.2, -0.15) is 0 Å². The van der Waals surface area contributed by atoms with Gasteiger partial charge in [0.15, 0.2) is 0 Å². The summed E-state index contributed by atoms with van der Waals surface area (Å²) in [5, 5.41) is 5.91. The fraction of sp³-hybridized carbons (Fsp3) is 0.316. The zero-order valence-electron chi connectivity index (χ0n) is 15.3. The van der Waals surface area contributed by atoms with E-state index in [1.165, 1.54) is 12.1 Å². The second kappa shape index (κ2) is 8.82. The molecule has 2 rings (SSSR count). The Morgan fingerprint density at radius 2 is 1.73 bits per heavy atom. The molecule has 0 aromatic heterocycles. The number of amides is 1. The third kappa shape index (κ3) is 5.06. The molecule has 0 saturated carbocycles. The number of benzene rings is 2. The van der Waals surface area contributed by atoms with Gasteiger partial charge in [-0.05, 0) is 49.7 Å². The molecule has 0 atom stereocenters. The number of hydrogen-bond acceptors (Lipinski definition) is 4. The van der Waals surface area contributed by atoms with Crippen molar-refractivity contribution in [3.8, 4) is 0 Å². The molecule has 0 bridgehead atoms. The molecule has 2 aromatic rings. The molecule has 140 valence electrons. The molecular formula is C19H25N3O3S. The van der Waals surface area contributed by atoms with E-state index in [9.17, 15) is 13.2 Å². The summed E-state index contributed by atoms with van der Waals surface area (Å²) in [6.07, 6.45) is 0. The van der Waals surface area contributed by atoms with E-state index < -0.39 is 10.0 Å². The Bertz CT molecular complexity index is 879. The second-order valence-corrected chi connectivity index (χ2v) is 7.69. The van der Waals surface area contributed by atoms with E-state index in [0.717, 1.165) is 17.7 Å². The highest BCUT2D eigenvalue weighted by Gasteiger charge is 2.18. The normalized spacial score (nSPS) is 11.2. The van der Waals surface area contributed by atoms with Gasteiger partial charge in [0.25, 0.3) is 15.9 Å². The Morgan fingerprint density at radius 1 is 1.00 bits per heavy atom. The van der Waals surface area contributed by atoms with Crippen LogP contribution in [0, 0.1) is 13.8 Å². The average molecular weight is 375 g/mol. The van der Waals surface area contributed by atoms with Crippen molar-refractivity contribution >= 4 is 21.6 Å². The van der Waals surface area contributed by atoms with Crippen molar-refractivity contribution in [1.82, 2.24) is 10.6 Å². The predicted molar refractivity (Wildman–Crippen MR) is 104 cm³/mol. The number of anilines is 1. The van der Waals surface area contributed by atoms with Crippen molar-refractivity contribution in [1.29, 1.82) is 0 Å². The average Bonchev–Trinajstić information content (AvgIpc) is 2.60. The first-order valence-electron chi connectivity index (χ1n) is 8.53. The molecular weight excluding hydrogens is 350 g/mol. The summed E-state index contributed by atoms with van der Waals surface area (Å²) in [4.78, 5) is 12.4. The maximum Gasteiger partial charge on any atom is 0.261 e.